The Morgan fingerprint density at radius 2 is 2.00 bits per heavy atom. The largest absolute Gasteiger partial charge is 0.497 e. The van der Waals surface area contributed by atoms with Crippen LogP contribution in [-0.4, -0.2) is 47.8 Å². The summed E-state index contributed by atoms with van der Waals surface area (Å²) in [7, 11) is 3.72. The van der Waals surface area contributed by atoms with Crippen LogP contribution in [-0.2, 0) is 18.3 Å². The summed E-state index contributed by atoms with van der Waals surface area (Å²) in [5, 5.41) is 12.8. The second-order valence-corrected chi connectivity index (χ2v) is 8.62. The van der Waals surface area contributed by atoms with Gasteiger partial charge in [0.1, 0.15) is 11.6 Å². The molecule has 0 amide bonds. The molecule has 2 aromatic carbocycles. The summed E-state index contributed by atoms with van der Waals surface area (Å²) >= 11 is 0. The van der Waals surface area contributed by atoms with Crippen molar-refractivity contribution in [3.05, 3.63) is 71.2 Å². The minimum absolute atomic E-state index is 0.267. The van der Waals surface area contributed by atoms with Crippen LogP contribution in [0.3, 0.4) is 0 Å². The lowest BCUT2D eigenvalue weighted by Crippen LogP contribution is -2.66. The number of β-amino-alcohol motifs (C(OH)–C–C–N with tert-alkyl or cyclic N) is 1. The van der Waals surface area contributed by atoms with Crippen LogP contribution in [0.25, 0.3) is 10.9 Å². The summed E-state index contributed by atoms with van der Waals surface area (Å²) in [5.41, 5.74) is 2.55. The lowest BCUT2D eigenvalue weighted by molar-refractivity contribution is -0.0976. The van der Waals surface area contributed by atoms with Gasteiger partial charge in [0.15, 0.2) is 0 Å². The van der Waals surface area contributed by atoms with Crippen molar-refractivity contribution < 1.29 is 14.2 Å². The van der Waals surface area contributed by atoms with Crippen LogP contribution in [0.5, 0.6) is 5.75 Å². The fraction of sp³-hybridized carbons (Fsp3) is 0.375. The maximum atomic E-state index is 13.7. The monoisotopic (exact) mass is 392 g/mol. The van der Waals surface area contributed by atoms with Gasteiger partial charge in [0, 0.05) is 35.9 Å². The molecule has 0 spiro atoms. The van der Waals surface area contributed by atoms with Gasteiger partial charge < -0.3 is 14.7 Å². The van der Waals surface area contributed by atoms with Crippen molar-refractivity contribution >= 4 is 10.9 Å². The van der Waals surface area contributed by atoms with E-state index in [9.17, 15) is 9.50 Å². The van der Waals surface area contributed by atoms with E-state index in [1.54, 1.807) is 13.2 Å². The number of hydrogen-bond acceptors (Lipinski definition) is 4. The molecule has 1 aromatic heterocycles. The number of fused-ring (bicyclic) bond motifs is 3. The smallest absolute Gasteiger partial charge is 0.123 e. The van der Waals surface area contributed by atoms with E-state index in [1.165, 1.54) is 12.1 Å². The van der Waals surface area contributed by atoms with Gasteiger partial charge in [-0.05, 0) is 67.5 Å². The molecule has 5 heteroatoms. The van der Waals surface area contributed by atoms with Crippen LogP contribution in [0, 0.1) is 5.82 Å². The number of likely N-dealkylation sites (N-methyl/N-ethyl adjacent to an activating group) is 1. The summed E-state index contributed by atoms with van der Waals surface area (Å²) in [5.74, 6) is 0.530. The molecule has 2 heterocycles. The highest BCUT2D eigenvalue weighted by molar-refractivity contribution is 5.80. The summed E-state index contributed by atoms with van der Waals surface area (Å²) < 4.78 is 19.2. The number of aromatic nitrogens is 1. The molecule has 1 aliphatic heterocycles. The molecule has 0 radical (unpaired) electrons. The number of halogens is 1. The number of benzene rings is 2. The number of hydrogen-bond donors (Lipinski definition) is 1. The highest BCUT2D eigenvalue weighted by atomic mass is 19.1. The van der Waals surface area contributed by atoms with E-state index >= 15 is 0 Å². The van der Waals surface area contributed by atoms with E-state index < -0.39 is 11.0 Å². The maximum Gasteiger partial charge on any atom is 0.123 e. The van der Waals surface area contributed by atoms with Crippen molar-refractivity contribution in [2.45, 2.75) is 30.3 Å². The van der Waals surface area contributed by atoms with Gasteiger partial charge in [-0.2, -0.15) is 0 Å². The second kappa shape index (κ2) is 6.51. The maximum absolute atomic E-state index is 13.7. The zero-order valence-electron chi connectivity index (χ0n) is 16.8. The number of rotatable bonds is 2. The normalized spacial score (nSPS) is 26.8. The lowest BCUT2D eigenvalue weighted by Gasteiger charge is -2.56. The number of ether oxygens (including phenoxy) is 1. The summed E-state index contributed by atoms with van der Waals surface area (Å²) in [4.78, 5) is 7.08. The van der Waals surface area contributed by atoms with Crippen molar-refractivity contribution in [2.75, 3.05) is 27.2 Å². The van der Waals surface area contributed by atoms with Crippen molar-refractivity contribution in [1.29, 1.82) is 0 Å². The number of methoxy groups -OCH3 is 1. The first kappa shape index (κ1) is 18.5. The van der Waals surface area contributed by atoms with Crippen molar-refractivity contribution in [2.24, 2.45) is 0 Å². The number of piperidine rings is 1. The molecule has 5 rings (SSSR count). The van der Waals surface area contributed by atoms with E-state index in [0.29, 0.717) is 19.4 Å². The van der Waals surface area contributed by atoms with Gasteiger partial charge in [-0.3, -0.25) is 4.98 Å². The summed E-state index contributed by atoms with van der Waals surface area (Å²) in [6.07, 6.45) is 2.01. The van der Waals surface area contributed by atoms with Gasteiger partial charge in [-0.15, -0.1) is 0 Å². The fourth-order valence-electron chi connectivity index (χ4n) is 5.34. The molecule has 3 aromatic rings. The Labute approximate surface area is 169 Å². The van der Waals surface area contributed by atoms with Gasteiger partial charge in [-0.1, -0.05) is 12.1 Å². The zero-order valence-corrected chi connectivity index (χ0v) is 16.8. The molecule has 29 heavy (non-hydrogen) atoms. The first-order valence-electron chi connectivity index (χ1n) is 10.1. The van der Waals surface area contributed by atoms with Crippen LogP contribution < -0.4 is 4.74 Å². The standard InChI is InChI=1S/C24H25FN2O2/c1-27-9-8-23(18-4-3-5-20(12-18)29-2)14-22-17(13-24(23,28)15-27)10-16-11-19(25)6-7-21(16)26-22/h3-7,10-12,28H,8-9,13-15H2,1-2H3/t23-,24-/m0/s1. The molecule has 150 valence electrons. The Morgan fingerprint density at radius 1 is 1.14 bits per heavy atom. The molecule has 2 atom stereocenters. The number of nitrogens with zero attached hydrogens (tertiary/aromatic N) is 2. The van der Waals surface area contributed by atoms with Crippen molar-refractivity contribution in [3.8, 4) is 5.75 Å². The van der Waals surface area contributed by atoms with Gasteiger partial charge in [0.25, 0.3) is 0 Å². The summed E-state index contributed by atoms with van der Waals surface area (Å²) in [6, 6.07) is 14.8. The highest BCUT2D eigenvalue weighted by Crippen LogP contribution is 2.50. The first-order chi connectivity index (χ1) is 13.9. The third-order valence-corrected chi connectivity index (χ3v) is 6.86. The Balaban J connectivity index is 1.70. The lowest BCUT2D eigenvalue weighted by atomic mass is 9.56. The topological polar surface area (TPSA) is 45.6 Å². The van der Waals surface area contributed by atoms with Gasteiger partial charge in [-0.25, -0.2) is 4.39 Å². The van der Waals surface area contributed by atoms with E-state index in [0.717, 1.165) is 46.4 Å². The van der Waals surface area contributed by atoms with Gasteiger partial charge in [0.2, 0.25) is 0 Å². The first-order valence-corrected chi connectivity index (χ1v) is 10.1. The fourth-order valence-corrected chi connectivity index (χ4v) is 5.34. The number of aliphatic hydroxyl groups is 1. The van der Waals surface area contributed by atoms with Crippen LogP contribution in [0.2, 0.25) is 0 Å². The Hall–Kier alpha value is -2.50. The predicted octanol–water partition coefficient (Wildman–Crippen LogP) is 3.49. The zero-order chi connectivity index (χ0) is 20.2. The molecule has 1 saturated heterocycles. The van der Waals surface area contributed by atoms with Crippen molar-refractivity contribution in [3.63, 3.8) is 0 Å². The molecular weight excluding hydrogens is 367 g/mol. The van der Waals surface area contributed by atoms with Crippen molar-refractivity contribution in [1.82, 2.24) is 9.88 Å². The van der Waals surface area contributed by atoms with Crippen LogP contribution >= 0.6 is 0 Å². The molecule has 0 unspecified atom stereocenters. The van der Waals surface area contributed by atoms with Gasteiger partial charge >= 0.3 is 0 Å². The van der Waals surface area contributed by atoms with E-state index in [-0.39, 0.29) is 5.82 Å². The van der Waals surface area contributed by atoms with E-state index in [4.69, 9.17) is 9.72 Å². The van der Waals surface area contributed by atoms with Crippen LogP contribution in [0.15, 0.2) is 48.5 Å². The average molecular weight is 392 g/mol. The number of pyridine rings is 1. The Bertz CT molecular complexity index is 1100. The van der Waals surface area contributed by atoms with E-state index in [1.807, 2.05) is 18.2 Å². The molecular formula is C24H25FN2O2. The minimum Gasteiger partial charge on any atom is -0.497 e. The predicted molar refractivity (Wildman–Crippen MR) is 111 cm³/mol. The van der Waals surface area contributed by atoms with Crippen LogP contribution in [0.4, 0.5) is 4.39 Å². The molecule has 1 aliphatic carbocycles. The second-order valence-electron chi connectivity index (χ2n) is 8.62. The number of likely N-dealkylation sites (tertiary alicyclic amines) is 1. The average Bonchev–Trinajstić information content (AvgIpc) is 2.70. The highest BCUT2D eigenvalue weighted by Gasteiger charge is 2.57. The molecule has 1 fully saturated rings. The molecule has 1 N–H and O–H groups in total. The molecule has 2 aliphatic rings. The van der Waals surface area contributed by atoms with E-state index in [2.05, 4.69) is 24.1 Å². The minimum atomic E-state index is -0.929. The quantitative estimate of drug-likeness (QED) is 0.725. The third kappa shape index (κ3) is 2.83. The molecule has 4 nitrogen and oxygen atoms in total. The summed E-state index contributed by atoms with van der Waals surface area (Å²) in [6.45, 7) is 1.50. The third-order valence-electron chi connectivity index (χ3n) is 6.86. The molecule has 0 bridgehead atoms. The molecule has 0 saturated carbocycles. The Morgan fingerprint density at radius 3 is 2.83 bits per heavy atom. The van der Waals surface area contributed by atoms with Crippen LogP contribution in [0.1, 0.15) is 23.2 Å². The Kier molecular flexibility index (Phi) is 4.16. The SMILES string of the molecule is COc1cccc([C@@]23CCN(C)C[C@@]2(O)Cc2cc4cc(F)ccc4nc2C3)c1. The van der Waals surface area contributed by atoms with Gasteiger partial charge in [0.05, 0.1) is 18.2 Å².